The summed E-state index contributed by atoms with van der Waals surface area (Å²) in [5.41, 5.74) is 0. The highest BCUT2D eigenvalue weighted by molar-refractivity contribution is 6.18. The number of aromatic nitrogens is 2. The minimum atomic E-state index is 0.573. The van der Waals surface area contributed by atoms with E-state index >= 15 is 0 Å². The molecular formula is C12H20ClN3O. The van der Waals surface area contributed by atoms with Gasteiger partial charge in [0.2, 0.25) is 11.8 Å². The number of hydrogen-bond acceptors (Lipinski definition) is 4. The number of rotatable bonds is 8. The summed E-state index contributed by atoms with van der Waals surface area (Å²) in [7, 11) is 0. The van der Waals surface area contributed by atoms with E-state index in [1.807, 2.05) is 0 Å². The fraction of sp³-hybridized carbons (Fsp3) is 0.667. The van der Waals surface area contributed by atoms with Gasteiger partial charge in [0, 0.05) is 31.2 Å². The molecule has 0 unspecified atom stereocenters. The smallest absolute Gasteiger partial charge is 0.228 e. The Morgan fingerprint density at radius 1 is 1.29 bits per heavy atom. The van der Waals surface area contributed by atoms with Crippen molar-refractivity contribution in [3.05, 3.63) is 12.3 Å². The van der Waals surface area contributed by atoms with Gasteiger partial charge in [0.1, 0.15) is 0 Å². The summed E-state index contributed by atoms with van der Waals surface area (Å²) in [4.78, 5) is 10.7. The third-order valence-electron chi connectivity index (χ3n) is 2.20. The maximum Gasteiger partial charge on any atom is 0.228 e. The van der Waals surface area contributed by atoms with Gasteiger partial charge in [-0.15, -0.1) is 11.6 Å². The predicted molar refractivity (Wildman–Crippen MR) is 71.0 cm³/mol. The van der Waals surface area contributed by atoms with Gasteiger partial charge >= 0.3 is 0 Å². The zero-order valence-electron chi connectivity index (χ0n) is 10.5. The molecule has 0 saturated carbocycles. The number of halogens is 1. The predicted octanol–water partition coefficient (Wildman–Crippen LogP) is 2.72. The van der Waals surface area contributed by atoms with Crippen molar-refractivity contribution in [2.45, 2.75) is 26.7 Å². The molecular weight excluding hydrogens is 238 g/mol. The zero-order valence-corrected chi connectivity index (χ0v) is 11.3. The quantitative estimate of drug-likeness (QED) is 0.671. The Hall–Kier alpha value is -1.03. The molecule has 5 heteroatoms. The van der Waals surface area contributed by atoms with Gasteiger partial charge in [0.05, 0.1) is 6.61 Å². The van der Waals surface area contributed by atoms with Crippen LogP contribution in [0.25, 0.3) is 0 Å². The Morgan fingerprint density at radius 2 is 2.12 bits per heavy atom. The molecule has 0 aliphatic rings. The van der Waals surface area contributed by atoms with E-state index in [4.69, 9.17) is 16.3 Å². The van der Waals surface area contributed by atoms with Crippen LogP contribution < -0.4 is 9.64 Å². The largest absolute Gasteiger partial charge is 0.478 e. The molecule has 1 rings (SSSR count). The molecule has 0 amide bonds. The minimum Gasteiger partial charge on any atom is -0.478 e. The van der Waals surface area contributed by atoms with Crippen molar-refractivity contribution in [2.75, 3.05) is 30.5 Å². The van der Waals surface area contributed by atoms with Crippen molar-refractivity contribution in [3.63, 3.8) is 0 Å². The van der Waals surface area contributed by atoms with E-state index in [9.17, 15) is 0 Å². The van der Waals surface area contributed by atoms with Crippen LogP contribution in [0, 0.1) is 0 Å². The van der Waals surface area contributed by atoms with Crippen molar-refractivity contribution in [1.82, 2.24) is 9.97 Å². The normalized spacial score (nSPS) is 10.3. The maximum absolute atomic E-state index is 5.78. The van der Waals surface area contributed by atoms with Crippen LogP contribution >= 0.6 is 11.6 Å². The summed E-state index contributed by atoms with van der Waals surface area (Å²) in [6, 6.07) is 1.78. The molecule has 96 valence electrons. The average Bonchev–Trinajstić information content (AvgIpc) is 2.36. The molecule has 0 N–H and O–H groups in total. The molecule has 0 spiro atoms. The monoisotopic (exact) mass is 257 g/mol. The molecule has 0 aliphatic carbocycles. The van der Waals surface area contributed by atoms with Gasteiger partial charge in [-0.1, -0.05) is 13.8 Å². The van der Waals surface area contributed by atoms with E-state index < -0.39 is 0 Å². The first-order valence-electron chi connectivity index (χ1n) is 6.08. The van der Waals surface area contributed by atoms with Crippen LogP contribution in [0.15, 0.2) is 12.3 Å². The first-order valence-corrected chi connectivity index (χ1v) is 6.62. The van der Waals surface area contributed by atoms with Gasteiger partial charge in [-0.2, -0.15) is 4.98 Å². The van der Waals surface area contributed by atoms with Crippen LogP contribution in [0.3, 0.4) is 0 Å². The Kier molecular flexibility index (Phi) is 6.70. The Balaban J connectivity index is 2.72. The van der Waals surface area contributed by atoms with Crippen LogP contribution in [-0.4, -0.2) is 35.5 Å². The lowest BCUT2D eigenvalue weighted by Crippen LogP contribution is -2.28. The topological polar surface area (TPSA) is 38.2 Å². The van der Waals surface area contributed by atoms with Gasteiger partial charge in [-0.25, -0.2) is 4.98 Å². The first-order chi connectivity index (χ1) is 8.31. The van der Waals surface area contributed by atoms with Crippen LogP contribution in [0.2, 0.25) is 0 Å². The Labute approximate surface area is 108 Å². The second-order valence-corrected chi connectivity index (χ2v) is 4.10. The molecule has 17 heavy (non-hydrogen) atoms. The van der Waals surface area contributed by atoms with E-state index in [1.165, 1.54) is 0 Å². The van der Waals surface area contributed by atoms with Crippen LogP contribution in [0.5, 0.6) is 5.88 Å². The molecule has 1 aromatic heterocycles. The lowest BCUT2D eigenvalue weighted by Gasteiger charge is -2.20. The highest BCUT2D eigenvalue weighted by Crippen LogP contribution is 2.13. The van der Waals surface area contributed by atoms with Crippen molar-refractivity contribution in [2.24, 2.45) is 0 Å². The molecule has 0 saturated heterocycles. The summed E-state index contributed by atoms with van der Waals surface area (Å²) in [5, 5.41) is 0. The van der Waals surface area contributed by atoms with E-state index in [2.05, 4.69) is 28.7 Å². The molecule has 0 atom stereocenters. The van der Waals surface area contributed by atoms with Crippen molar-refractivity contribution in [3.8, 4) is 5.88 Å². The number of alkyl halides is 1. The second-order valence-electron chi connectivity index (χ2n) is 3.72. The van der Waals surface area contributed by atoms with Gasteiger partial charge in [-0.3, -0.25) is 0 Å². The standard InChI is InChI=1S/C12H20ClN3O/c1-3-8-16(9-6-13)12-14-7-5-11(15-12)17-10-4-2/h5,7H,3-4,6,8-10H2,1-2H3. The summed E-state index contributed by atoms with van der Waals surface area (Å²) < 4.78 is 5.49. The first kappa shape index (κ1) is 14.0. The number of ether oxygens (including phenoxy) is 1. The van der Waals surface area contributed by atoms with Crippen LogP contribution in [0.1, 0.15) is 26.7 Å². The lowest BCUT2D eigenvalue weighted by atomic mass is 10.4. The highest BCUT2D eigenvalue weighted by atomic mass is 35.5. The van der Waals surface area contributed by atoms with Gasteiger partial charge in [-0.05, 0) is 12.8 Å². The molecule has 0 aromatic carbocycles. The third-order valence-corrected chi connectivity index (χ3v) is 2.37. The highest BCUT2D eigenvalue weighted by Gasteiger charge is 2.08. The average molecular weight is 258 g/mol. The Bertz CT molecular complexity index is 316. The minimum absolute atomic E-state index is 0.573. The van der Waals surface area contributed by atoms with Crippen molar-refractivity contribution < 1.29 is 4.74 Å². The van der Waals surface area contributed by atoms with Gasteiger partial charge in [0.25, 0.3) is 0 Å². The molecule has 1 heterocycles. The molecule has 1 aromatic rings. The SMILES string of the molecule is CCCOc1ccnc(N(CCC)CCCl)n1. The van der Waals surface area contributed by atoms with Crippen molar-refractivity contribution >= 4 is 17.5 Å². The lowest BCUT2D eigenvalue weighted by molar-refractivity contribution is 0.305. The summed E-state index contributed by atoms with van der Waals surface area (Å²) >= 11 is 5.78. The van der Waals surface area contributed by atoms with E-state index in [0.29, 0.717) is 24.3 Å². The maximum atomic E-state index is 5.78. The zero-order chi connectivity index (χ0) is 12.5. The van der Waals surface area contributed by atoms with E-state index in [0.717, 1.165) is 25.9 Å². The molecule has 0 fully saturated rings. The molecule has 0 radical (unpaired) electrons. The number of anilines is 1. The van der Waals surface area contributed by atoms with Crippen molar-refractivity contribution in [1.29, 1.82) is 0 Å². The van der Waals surface area contributed by atoms with Crippen LogP contribution in [-0.2, 0) is 0 Å². The fourth-order valence-corrected chi connectivity index (χ4v) is 1.66. The van der Waals surface area contributed by atoms with Gasteiger partial charge in [0.15, 0.2) is 0 Å². The summed E-state index contributed by atoms with van der Waals surface area (Å²) in [5.74, 6) is 1.90. The van der Waals surface area contributed by atoms with E-state index in [1.54, 1.807) is 12.3 Å². The molecule has 0 bridgehead atoms. The summed E-state index contributed by atoms with van der Waals surface area (Å²) in [6.07, 6.45) is 3.74. The van der Waals surface area contributed by atoms with Gasteiger partial charge < -0.3 is 9.64 Å². The van der Waals surface area contributed by atoms with E-state index in [-0.39, 0.29) is 0 Å². The fourth-order valence-electron chi connectivity index (χ4n) is 1.46. The third kappa shape index (κ3) is 4.77. The van der Waals surface area contributed by atoms with Crippen LogP contribution in [0.4, 0.5) is 5.95 Å². The molecule has 0 aliphatic heterocycles. The summed E-state index contributed by atoms with van der Waals surface area (Å²) in [6.45, 7) is 6.54. The number of hydrogen-bond donors (Lipinski definition) is 0. The second kappa shape index (κ2) is 8.12. The molecule has 4 nitrogen and oxygen atoms in total. The number of nitrogens with zero attached hydrogens (tertiary/aromatic N) is 3. The Morgan fingerprint density at radius 3 is 2.76 bits per heavy atom.